The van der Waals surface area contributed by atoms with Crippen LogP contribution in [0.25, 0.3) is 0 Å². The molecule has 0 atom stereocenters. The number of carbonyl (C=O) groups excluding carboxylic acids is 2. The maximum atomic E-state index is 13.2. The first-order chi connectivity index (χ1) is 16.8. The Morgan fingerprint density at radius 1 is 0.914 bits per heavy atom. The summed E-state index contributed by atoms with van der Waals surface area (Å²) in [6, 6.07) is 16.1. The number of para-hydroxylation sites is 1. The van der Waals surface area contributed by atoms with Gasteiger partial charge in [0, 0.05) is 25.3 Å². The first kappa shape index (κ1) is 25.5. The molecule has 0 aliphatic carbocycles. The summed E-state index contributed by atoms with van der Waals surface area (Å²) < 4.78 is 2.25. The molecule has 0 aliphatic rings. The first-order valence-corrected chi connectivity index (χ1v) is 11.7. The summed E-state index contributed by atoms with van der Waals surface area (Å²) in [4.78, 5) is 53.7. The van der Waals surface area contributed by atoms with Gasteiger partial charge in [-0.25, -0.2) is 4.79 Å². The minimum atomic E-state index is -0.724. The number of nitrogens with two attached hydrogens (primary N) is 1. The Morgan fingerprint density at radius 2 is 1.54 bits per heavy atom. The monoisotopic (exact) mass is 477 g/mol. The Morgan fingerprint density at radius 3 is 2.17 bits per heavy atom. The third kappa shape index (κ3) is 5.34. The predicted molar refractivity (Wildman–Crippen MR) is 137 cm³/mol. The summed E-state index contributed by atoms with van der Waals surface area (Å²) in [6.07, 6.45) is 0. The van der Waals surface area contributed by atoms with Crippen molar-refractivity contribution in [2.75, 3.05) is 30.7 Å². The van der Waals surface area contributed by atoms with E-state index in [1.54, 1.807) is 36.1 Å². The van der Waals surface area contributed by atoms with Gasteiger partial charge in [-0.1, -0.05) is 42.5 Å². The molecule has 1 amide bonds. The van der Waals surface area contributed by atoms with Crippen LogP contribution in [0.3, 0.4) is 0 Å². The van der Waals surface area contributed by atoms with E-state index >= 15 is 0 Å². The van der Waals surface area contributed by atoms with Crippen molar-refractivity contribution in [2.45, 2.75) is 33.9 Å². The molecule has 3 aromatic rings. The number of anilines is 2. The topological polar surface area (TPSA) is 119 Å². The van der Waals surface area contributed by atoms with E-state index in [1.165, 1.54) is 4.57 Å². The zero-order chi connectivity index (χ0) is 25.5. The number of ketones is 1. The molecular formula is C26H31N5O4. The molecule has 0 spiro atoms. The molecule has 0 saturated heterocycles. The number of hydrogen-bond donors (Lipinski definition) is 2. The Labute approximate surface area is 203 Å². The molecule has 9 nitrogen and oxygen atoms in total. The molecular weight excluding hydrogens is 446 g/mol. The van der Waals surface area contributed by atoms with Gasteiger partial charge in [-0.05, 0) is 38.5 Å². The van der Waals surface area contributed by atoms with Gasteiger partial charge in [-0.2, -0.15) is 0 Å². The number of rotatable bonds is 10. The second kappa shape index (κ2) is 11.3. The number of nitrogens with one attached hydrogen (secondary N) is 1. The van der Waals surface area contributed by atoms with Crippen LogP contribution in [0, 0.1) is 0 Å². The average Bonchev–Trinajstić information content (AvgIpc) is 2.87. The summed E-state index contributed by atoms with van der Waals surface area (Å²) in [5.41, 5.74) is 6.39. The molecule has 1 aromatic heterocycles. The molecule has 0 fully saturated rings. The number of Topliss-reactive ketones (excluding diaryl/α,β-unsaturated/α-hetero) is 1. The van der Waals surface area contributed by atoms with Crippen molar-refractivity contribution in [2.24, 2.45) is 0 Å². The Kier molecular flexibility index (Phi) is 8.25. The SMILES string of the molecule is CCN(CC)C(=O)c1ccccc1NCC(=O)c1c(N)n(Cc2ccccc2)c(=O)n(CC)c1=O. The Bertz CT molecular complexity index is 1320. The molecule has 0 saturated carbocycles. The lowest BCUT2D eigenvalue weighted by atomic mass is 10.1. The van der Waals surface area contributed by atoms with Crippen LogP contribution in [-0.2, 0) is 13.1 Å². The van der Waals surface area contributed by atoms with Gasteiger partial charge in [0.2, 0.25) is 0 Å². The summed E-state index contributed by atoms with van der Waals surface area (Å²) in [6.45, 7) is 6.52. The van der Waals surface area contributed by atoms with E-state index in [-0.39, 0.29) is 36.9 Å². The molecule has 0 bridgehead atoms. The summed E-state index contributed by atoms with van der Waals surface area (Å²) in [5, 5.41) is 2.98. The number of aromatic nitrogens is 2. The van der Waals surface area contributed by atoms with Crippen LogP contribution in [0.15, 0.2) is 64.2 Å². The van der Waals surface area contributed by atoms with Crippen molar-refractivity contribution in [3.63, 3.8) is 0 Å². The smallest absolute Gasteiger partial charge is 0.332 e. The van der Waals surface area contributed by atoms with Gasteiger partial charge in [0.05, 0.1) is 18.7 Å². The highest BCUT2D eigenvalue weighted by Gasteiger charge is 2.23. The predicted octanol–water partition coefficient (Wildman–Crippen LogP) is 2.44. The zero-order valence-electron chi connectivity index (χ0n) is 20.3. The van der Waals surface area contributed by atoms with Gasteiger partial charge in [-0.3, -0.25) is 23.5 Å². The number of amides is 1. The maximum absolute atomic E-state index is 13.2. The maximum Gasteiger partial charge on any atom is 0.332 e. The molecule has 0 unspecified atom stereocenters. The second-order valence-electron chi connectivity index (χ2n) is 7.96. The minimum Gasteiger partial charge on any atom is -0.384 e. The third-order valence-corrected chi connectivity index (χ3v) is 5.89. The molecule has 0 radical (unpaired) electrons. The van der Waals surface area contributed by atoms with Crippen LogP contribution in [0.4, 0.5) is 11.5 Å². The van der Waals surface area contributed by atoms with Gasteiger partial charge in [0.1, 0.15) is 11.4 Å². The lowest BCUT2D eigenvalue weighted by Crippen LogP contribution is -2.44. The van der Waals surface area contributed by atoms with E-state index in [4.69, 9.17) is 5.73 Å². The molecule has 3 N–H and O–H groups in total. The highest BCUT2D eigenvalue weighted by Crippen LogP contribution is 2.18. The minimum absolute atomic E-state index is 0.0989. The molecule has 35 heavy (non-hydrogen) atoms. The van der Waals surface area contributed by atoms with Gasteiger partial charge in [0.15, 0.2) is 5.78 Å². The largest absolute Gasteiger partial charge is 0.384 e. The van der Waals surface area contributed by atoms with Crippen molar-refractivity contribution in [3.05, 3.63) is 92.1 Å². The summed E-state index contributed by atoms with van der Waals surface area (Å²) in [7, 11) is 0. The van der Waals surface area contributed by atoms with Crippen LogP contribution in [-0.4, -0.2) is 45.4 Å². The van der Waals surface area contributed by atoms with Crippen molar-refractivity contribution in [1.82, 2.24) is 14.0 Å². The van der Waals surface area contributed by atoms with Gasteiger partial charge in [-0.15, -0.1) is 0 Å². The molecule has 184 valence electrons. The summed E-state index contributed by atoms with van der Waals surface area (Å²) >= 11 is 0. The van der Waals surface area contributed by atoms with Gasteiger partial charge in [0.25, 0.3) is 11.5 Å². The third-order valence-electron chi connectivity index (χ3n) is 5.89. The van der Waals surface area contributed by atoms with E-state index in [1.807, 2.05) is 44.2 Å². The standard InChI is InChI=1S/C26H31N5O4/c1-4-29(5-2)24(33)19-14-10-11-15-20(19)28-16-21(32)22-23(27)31(17-18-12-8-7-9-13-18)26(35)30(6-3)25(22)34/h7-15,28H,4-6,16-17,27H2,1-3H3. The molecule has 9 heteroatoms. The fourth-order valence-corrected chi connectivity index (χ4v) is 3.94. The zero-order valence-corrected chi connectivity index (χ0v) is 20.3. The van der Waals surface area contributed by atoms with E-state index in [0.29, 0.717) is 24.3 Å². The highest BCUT2D eigenvalue weighted by molar-refractivity contribution is 6.04. The van der Waals surface area contributed by atoms with Gasteiger partial charge >= 0.3 is 5.69 Å². The first-order valence-electron chi connectivity index (χ1n) is 11.7. The molecule has 1 heterocycles. The van der Waals surface area contributed by atoms with Crippen LogP contribution in [0.5, 0.6) is 0 Å². The normalized spacial score (nSPS) is 10.7. The van der Waals surface area contributed by atoms with Crippen LogP contribution in [0.1, 0.15) is 47.1 Å². The molecule has 0 aliphatic heterocycles. The van der Waals surface area contributed by atoms with E-state index in [9.17, 15) is 19.2 Å². The van der Waals surface area contributed by atoms with E-state index < -0.39 is 17.0 Å². The van der Waals surface area contributed by atoms with E-state index in [2.05, 4.69) is 5.32 Å². The Hall–Kier alpha value is -4.14. The fraction of sp³-hybridized carbons (Fsp3) is 0.308. The quantitative estimate of drug-likeness (QED) is 0.433. The van der Waals surface area contributed by atoms with Crippen LogP contribution in [0.2, 0.25) is 0 Å². The summed E-state index contributed by atoms with van der Waals surface area (Å²) in [5.74, 6) is -0.899. The van der Waals surface area contributed by atoms with Crippen molar-refractivity contribution < 1.29 is 9.59 Å². The average molecular weight is 478 g/mol. The van der Waals surface area contributed by atoms with Crippen molar-refractivity contribution in [1.29, 1.82) is 0 Å². The van der Waals surface area contributed by atoms with Crippen molar-refractivity contribution in [3.8, 4) is 0 Å². The fourth-order valence-electron chi connectivity index (χ4n) is 3.94. The van der Waals surface area contributed by atoms with Crippen LogP contribution >= 0.6 is 0 Å². The van der Waals surface area contributed by atoms with Crippen molar-refractivity contribution >= 4 is 23.2 Å². The Balaban J connectivity index is 1.95. The number of hydrogen-bond acceptors (Lipinski definition) is 6. The number of carbonyl (C=O) groups is 2. The highest BCUT2D eigenvalue weighted by atomic mass is 16.2. The van der Waals surface area contributed by atoms with Gasteiger partial charge < -0.3 is 16.0 Å². The van der Waals surface area contributed by atoms with E-state index in [0.717, 1.165) is 10.1 Å². The number of nitrogen functional groups attached to an aromatic ring is 1. The van der Waals surface area contributed by atoms with Crippen LogP contribution < -0.4 is 22.3 Å². The molecule has 3 rings (SSSR count). The molecule has 2 aromatic carbocycles. The second-order valence-corrected chi connectivity index (χ2v) is 7.96. The number of nitrogens with zero attached hydrogens (tertiary/aromatic N) is 3. The number of benzene rings is 2. The lowest BCUT2D eigenvalue weighted by Gasteiger charge is -2.21. The lowest BCUT2D eigenvalue weighted by molar-refractivity contribution is 0.0773.